The topological polar surface area (TPSA) is 104 Å². The highest BCUT2D eigenvalue weighted by atomic mass is 32.2. The number of carbonyl (C=O) groups is 1. The smallest absolute Gasteiger partial charge is 0.243 e. The Bertz CT molecular complexity index is 942. The molecule has 1 amide bonds. The molecule has 2 aliphatic heterocycles. The number of halogens is 1. The van der Waals surface area contributed by atoms with Crippen LogP contribution in [0.2, 0.25) is 0 Å². The summed E-state index contributed by atoms with van der Waals surface area (Å²) in [4.78, 5) is 12.7. The van der Waals surface area contributed by atoms with Crippen molar-refractivity contribution in [3.63, 3.8) is 0 Å². The maximum atomic E-state index is 13.1. The molecule has 1 N–H and O–H groups in total. The number of piperidine rings is 2. The Balaban J connectivity index is 1.59. The van der Waals surface area contributed by atoms with Gasteiger partial charge in [-0.1, -0.05) is 0 Å². The lowest BCUT2D eigenvalue weighted by molar-refractivity contribution is -0.127. The van der Waals surface area contributed by atoms with Gasteiger partial charge < -0.3 is 5.32 Å². The maximum absolute atomic E-state index is 13.1. The second-order valence-corrected chi connectivity index (χ2v) is 11.5. The van der Waals surface area contributed by atoms with E-state index in [2.05, 4.69) is 5.32 Å². The first kappa shape index (κ1) is 22.1. The first-order valence-corrected chi connectivity index (χ1v) is 12.9. The Kier molecular flexibility index (Phi) is 6.61. The van der Waals surface area contributed by atoms with Crippen LogP contribution in [0.4, 0.5) is 4.39 Å². The summed E-state index contributed by atoms with van der Waals surface area (Å²) >= 11 is 0. The molecule has 2 aliphatic rings. The van der Waals surface area contributed by atoms with E-state index in [4.69, 9.17) is 0 Å². The van der Waals surface area contributed by atoms with Crippen LogP contribution >= 0.6 is 0 Å². The van der Waals surface area contributed by atoms with Crippen molar-refractivity contribution in [3.05, 3.63) is 30.1 Å². The van der Waals surface area contributed by atoms with Crippen LogP contribution in [0, 0.1) is 11.7 Å². The summed E-state index contributed by atoms with van der Waals surface area (Å²) in [7, 11) is -7.02. The summed E-state index contributed by atoms with van der Waals surface area (Å²) in [5.41, 5.74) is 0. The molecule has 1 aromatic carbocycles. The molecule has 1 atom stereocenters. The van der Waals surface area contributed by atoms with E-state index in [0.717, 1.165) is 12.1 Å². The lowest BCUT2D eigenvalue weighted by Crippen LogP contribution is -2.50. The van der Waals surface area contributed by atoms with E-state index >= 15 is 0 Å². The molecule has 8 nitrogen and oxygen atoms in total. The van der Waals surface area contributed by atoms with E-state index in [1.165, 1.54) is 27.0 Å². The van der Waals surface area contributed by atoms with Crippen molar-refractivity contribution in [3.8, 4) is 0 Å². The van der Waals surface area contributed by atoms with Crippen LogP contribution in [0.5, 0.6) is 0 Å². The highest BCUT2D eigenvalue weighted by molar-refractivity contribution is 7.89. The Labute approximate surface area is 171 Å². The summed E-state index contributed by atoms with van der Waals surface area (Å²) in [5.74, 6) is -1.18. The van der Waals surface area contributed by atoms with Gasteiger partial charge in [-0.2, -0.15) is 4.31 Å². The number of sulfonamides is 2. The average molecular weight is 448 g/mol. The zero-order chi connectivity index (χ0) is 21.2. The molecule has 1 aromatic rings. The molecule has 0 radical (unpaired) electrons. The molecule has 2 saturated heterocycles. The molecule has 0 aliphatic carbocycles. The van der Waals surface area contributed by atoms with Crippen LogP contribution < -0.4 is 5.32 Å². The molecule has 1 unspecified atom stereocenters. The molecule has 0 bridgehead atoms. The molecular formula is C18H26FN3O5S2. The van der Waals surface area contributed by atoms with Gasteiger partial charge in [0.2, 0.25) is 26.0 Å². The van der Waals surface area contributed by atoms with Crippen molar-refractivity contribution in [1.82, 2.24) is 13.9 Å². The zero-order valence-corrected chi connectivity index (χ0v) is 17.9. The number of benzene rings is 1. The van der Waals surface area contributed by atoms with Crippen molar-refractivity contribution >= 4 is 26.0 Å². The van der Waals surface area contributed by atoms with Gasteiger partial charge in [0.15, 0.2) is 0 Å². The molecule has 162 valence electrons. The van der Waals surface area contributed by atoms with E-state index in [1.54, 1.807) is 0 Å². The lowest BCUT2D eigenvalue weighted by atomic mass is 9.97. The van der Waals surface area contributed by atoms with Gasteiger partial charge in [-0.05, 0) is 49.9 Å². The fourth-order valence-corrected chi connectivity index (χ4v) is 6.18. The van der Waals surface area contributed by atoms with Crippen LogP contribution in [-0.4, -0.2) is 69.8 Å². The lowest BCUT2D eigenvalue weighted by Gasteiger charge is -2.34. The number of amides is 1. The van der Waals surface area contributed by atoms with Crippen LogP contribution in [0.3, 0.4) is 0 Å². The van der Waals surface area contributed by atoms with E-state index in [-0.39, 0.29) is 23.4 Å². The number of hydrogen-bond acceptors (Lipinski definition) is 5. The summed E-state index contributed by atoms with van der Waals surface area (Å²) in [6, 6.07) is 4.53. The van der Waals surface area contributed by atoms with Gasteiger partial charge in [-0.15, -0.1) is 0 Å². The number of nitrogens with zero attached hydrogens (tertiary/aromatic N) is 2. The van der Waals surface area contributed by atoms with Crippen molar-refractivity contribution in [2.24, 2.45) is 5.92 Å². The van der Waals surface area contributed by atoms with Crippen molar-refractivity contribution in [2.75, 3.05) is 32.4 Å². The van der Waals surface area contributed by atoms with Gasteiger partial charge in [-0.3, -0.25) is 4.79 Å². The molecule has 0 saturated carbocycles. The normalized spacial score (nSPS) is 23.0. The quantitative estimate of drug-likeness (QED) is 0.718. The molecule has 0 aromatic heterocycles. The van der Waals surface area contributed by atoms with E-state index in [1.807, 2.05) is 0 Å². The largest absolute Gasteiger partial charge is 0.353 e. The van der Waals surface area contributed by atoms with Crippen LogP contribution in [0.1, 0.15) is 25.7 Å². The Morgan fingerprint density at radius 1 is 1.00 bits per heavy atom. The van der Waals surface area contributed by atoms with Gasteiger partial charge in [0.25, 0.3) is 0 Å². The zero-order valence-electron chi connectivity index (χ0n) is 16.3. The summed E-state index contributed by atoms with van der Waals surface area (Å²) in [6.07, 6.45) is 3.38. The van der Waals surface area contributed by atoms with E-state index in [0.29, 0.717) is 45.3 Å². The van der Waals surface area contributed by atoms with Gasteiger partial charge >= 0.3 is 0 Å². The molecule has 3 rings (SSSR count). The predicted molar refractivity (Wildman–Crippen MR) is 105 cm³/mol. The number of nitrogens with one attached hydrogen (secondary N) is 1. The van der Waals surface area contributed by atoms with Crippen LogP contribution in [-0.2, 0) is 24.8 Å². The molecule has 29 heavy (non-hydrogen) atoms. The monoisotopic (exact) mass is 447 g/mol. The minimum Gasteiger partial charge on any atom is -0.353 e. The summed E-state index contributed by atoms with van der Waals surface area (Å²) < 4.78 is 64.5. The van der Waals surface area contributed by atoms with Gasteiger partial charge in [0.1, 0.15) is 5.82 Å². The molecule has 11 heteroatoms. The third-order valence-electron chi connectivity index (χ3n) is 5.48. The second-order valence-electron chi connectivity index (χ2n) is 7.60. The minimum atomic E-state index is -3.79. The van der Waals surface area contributed by atoms with Gasteiger partial charge in [-0.25, -0.2) is 25.5 Å². The van der Waals surface area contributed by atoms with E-state index in [9.17, 15) is 26.0 Å². The van der Waals surface area contributed by atoms with Crippen LogP contribution in [0.15, 0.2) is 29.2 Å². The van der Waals surface area contributed by atoms with E-state index < -0.39 is 31.8 Å². The first-order chi connectivity index (χ1) is 13.6. The molecule has 0 spiro atoms. The minimum absolute atomic E-state index is 0.00750. The molecule has 2 fully saturated rings. The SMILES string of the molecule is CS(=O)(=O)N1CCC(NC(=O)C2CCCN(S(=O)(=O)c3ccc(F)cc3)C2)CC1. The summed E-state index contributed by atoms with van der Waals surface area (Å²) in [6.45, 7) is 1.11. The fourth-order valence-electron chi connectivity index (χ4n) is 3.78. The van der Waals surface area contributed by atoms with Gasteiger partial charge in [0, 0.05) is 32.2 Å². The van der Waals surface area contributed by atoms with Crippen molar-refractivity contribution in [2.45, 2.75) is 36.6 Å². The Morgan fingerprint density at radius 2 is 1.62 bits per heavy atom. The van der Waals surface area contributed by atoms with Gasteiger partial charge in [0.05, 0.1) is 17.1 Å². The first-order valence-electron chi connectivity index (χ1n) is 9.58. The highest BCUT2D eigenvalue weighted by Crippen LogP contribution is 2.24. The molecular weight excluding hydrogens is 421 g/mol. The molecule has 2 heterocycles. The summed E-state index contributed by atoms with van der Waals surface area (Å²) in [5, 5.41) is 2.95. The van der Waals surface area contributed by atoms with Crippen molar-refractivity contribution in [1.29, 1.82) is 0 Å². The highest BCUT2D eigenvalue weighted by Gasteiger charge is 2.34. The Hall–Kier alpha value is -1.56. The second kappa shape index (κ2) is 8.66. The third-order valence-corrected chi connectivity index (χ3v) is 8.66. The van der Waals surface area contributed by atoms with Crippen LogP contribution in [0.25, 0.3) is 0 Å². The predicted octanol–water partition coefficient (Wildman–Crippen LogP) is 0.767. The Morgan fingerprint density at radius 3 is 2.21 bits per heavy atom. The fraction of sp³-hybridized carbons (Fsp3) is 0.611. The van der Waals surface area contributed by atoms with Crippen molar-refractivity contribution < 1.29 is 26.0 Å². The average Bonchev–Trinajstić information content (AvgIpc) is 2.68. The number of hydrogen-bond donors (Lipinski definition) is 1. The number of rotatable bonds is 5. The number of carbonyl (C=O) groups excluding carboxylic acids is 1. The third kappa shape index (κ3) is 5.33. The standard InChI is InChI=1S/C18H26FN3O5S2/c1-28(24,25)21-11-8-16(9-12-21)20-18(23)14-3-2-10-22(13-14)29(26,27)17-6-4-15(19)5-7-17/h4-7,14,16H,2-3,8-13H2,1H3,(H,20,23). The maximum Gasteiger partial charge on any atom is 0.243 e.